The first-order valence-electron chi connectivity index (χ1n) is 6.57. The van der Waals surface area contributed by atoms with Crippen molar-refractivity contribution in [2.75, 3.05) is 6.54 Å². The lowest BCUT2D eigenvalue weighted by atomic mass is 9.71. The van der Waals surface area contributed by atoms with Gasteiger partial charge in [0.25, 0.3) is 5.91 Å². The third-order valence-corrected chi connectivity index (χ3v) is 4.74. The number of hydrogen-bond acceptors (Lipinski definition) is 3. The molecule has 1 aromatic rings. The minimum Gasteiger partial charge on any atom is -0.481 e. The first-order valence-corrected chi connectivity index (χ1v) is 7.51. The van der Waals surface area contributed by atoms with Gasteiger partial charge < -0.3 is 10.4 Å². The molecule has 1 saturated carbocycles. The van der Waals surface area contributed by atoms with Crippen molar-refractivity contribution in [2.24, 2.45) is 11.3 Å². The van der Waals surface area contributed by atoms with Gasteiger partial charge in [-0.25, -0.2) is 0 Å². The van der Waals surface area contributed by atoms with E-state index in [2.05, 4.69) is 12.2 Å². The minimum absolute atomic E-state index is 0.180. The summed E-state index contributed by atoms with van der Waals surface area (Å²) < 4.78 is 0. The average molecular weight is 281 g/mol. The Morgan fingerprint density at radius 1 is 1.47 bits per heavy atom. The van der Waals surface area contributed by atoms with Crippen molar-refractivity contribution in [2.45, 2.75) is 32.6 Å². The monoisotopic (exact) mass is 281 g/mol. The van der Waals surface area contributed by atoms with Gasteiger partial charge in [-0.3, -0.25) is 9.59 Å². The van der Waals surface area contributed by atoms with E-state index in [1.807, 2.05) is 5.38 Å². The lowest BCUT2D eigenvalue weighted by Crippen LogP contribution is -2.45. The van der Waals surface area contributed by atoms with Crippen LogP contribution in [-0.2, 0) is 4.79 Å². The van der Waals surface area contributed by atoms with Crippen molar-refractivity contribution >= 4 is 23.2 Å². The highest BCUT2D eigenvalue weighted by atomic mass is 32.1. The largest absolute Gasteiger partial charge is 0.481 e. The number of aliphatic carboxylic acids is 1. The van der Waals surface area contributed by atoms with Gasteiger partial charge in [-0.1, -0.05) is 6.92 Å². The topological polar surface area (TPSA) is 66.4 Å². The van der Waals surface area contributed by atoms with Crippen molar-refractivity contribution in [3.05, 3.63) is 22.4 Å². The van der Waals surface area contributed by atoms with Crippen molar-refractivity contribution in [3.63, 3.8) is 0 Å². The fourth-order valence-electron chi connectivity index (χ4n) is 2.53. The second kappa shape index (κ2) is 5.74. The maximum absolute atomic E-state index is 11.9. The van der Waals surface area contributed by atoms with Crippen LogP contribution in [0, 0.1) is 11.3 Å². The van der Waals surface area contributed by atoms with Crippen LogP contribution >= 0.6 is 11.3 Å². The molecule has 104 valence electrons. The normalized spacial score (nSPS) is 26.9. The van der Waals surface area contributed by atoms with E-state index in [9.17, 15) is 14.7 Å². The van der Waals surface area contributed by atoms with Crippen LogP contribution in [0.1, 0.15) is 43.0 Å². The van der Waals surface area contributed by atoms with Crippen LogP contribution in [0.3, 0.4) is 0 Å². The van der Waals surface area contributed by atoms with E-state index in [1.165, 1.54) is 11.3 Å². The number of carbonyl (C=O) groups is 2. The minimum atomic E-state index is -0.787. The van der Waals surface area contributed by atoms with Crippen LogP contribution in [-0.4, -0.2) is 23.5 Å². The molecule has 1 fully saturated rings. The number of carboxylic acids is 1. The Hall–Kier alpha value is -1.36. The van der Waals surface area contributed by atoms with Crippen molar-refractivity contribution in [1.29, 1.82) is 0 Å². The van der Waals surface area contributed by atoms with E-state index < -0.39 is 11.4 Å². The Kier molecular flexibility index (Phi) is 4.24. The van der Waals surface area contributed by atoms with Gasteiger partial charge in [0.15, 0.2) is 0 Å². The van der Waals surface area contributed by atoms with E-state index in [-0.39, 0.29) is 12.5 Å². The van der Waals surface area contributed by atoms with Gasteiger partial charge in [-0.05, 0) is 43.0 Å². The van der Waals surface area contributed by atoms with E-state index in [0.29, 0.717) is 24.3 Å². The maximum Gasteiger partial charge on any atom is 0.311 e. The van der Waals surface area contributed by atoms with Gasteiger partial charge in [-0.2, -0.15) is 11.3 Å². The van der Waals surface area contributed by atoms with Crippen molar-refractivity contribution in [1.82, 2.24) is 5.32 Å². The Bertz CT molecular complexity index is 447. The summed E-state index contributed by atoms with van der Waals surface area (Å²) in [4.78, 5) is 23.4. The molecule has 0 aromatic carbocycles. The highest BCUT2D eigenvalue weighted by Gasteiger charge is 2.41. The summed E-state index contributed by atoms with van der Waals surface area (Å²) in [5.41, 5.74) is -0.173. The molecule has 1 heterocycles. The van der Waals surface area contributed by atoms with Gasteiger partial charge in [-0.15, -0.1) is 0 Å². The molecule has 0 atom stereocenters. The molecule has 19 heavy (non-hydrogen) atoms. The Morgan fingerprint density at radius 3 is 2.68 bits per heavy atom. The molecule has 2 N–H and O–H groups in total. The molecule has 0 unspecified atom stereocenters. The predicted octanol–water partition coefficient (Wildman–Crippen LogP) is 2.76. The number of nitrogens with one attached hydrogen (secondary N) is 1. The van der Waals surface area contributed by atoms with Crippen LogP contribution in [0.2, 0.25) is 0 Å². The molecule has 1 aromatic heterocycles. The highest BCUT2D eigenvalue weighted by Crippen LogP contribution is 2.38. The first-order chi connectivity index (χ1) is 9.03. The molecule has 1 amide bonds. The summed E-state index contributed by atoms with van der Waals surface area (Å²) in [6.45, 7) is 2.37. The summed E-state index contributed by atoms with van der Waals surface area (Å²) in [6, 6.07) is 1.75. The van der Waals surface area contributed by atoms with E-state index >= 15 is 0 Å². The summed E-state index contributed by atoms with van der Waals surface area (Å²) in [7, 11) is 0. The van der Waals surface area contributed by atoms with Crippen molar-refractivity contribution < 1.29 is 14.7 Å². The lowest BCUT2D eigenvalue weighted by molar-refractivity contribution is -0.151. The zero-order chi connectivity index (χ0) is 13.9. The van der Waals surface area contributed by atoms with Crippen LogP contribution < -0.4 is 5.32 Å². The Balaban J connectivity index is 1.98. The summed E-state index contributed by atoms with van der Waals surface area (Å²) >= 11 is 1.46. The SMILES string of the molecule is CC1CCC(CNC(=O)c2ccsc2)(C(=O)O)CC1. The molecule has 2 rings (SSSR count). The fourth-order valence-corrected chi connectivity index (χ4v) is 3.16. The van der Waals surface area contributed by atoms with Crippen LogP contribution in [0.25, 0.3) is 0 Å². The zero-order valence-corrected chi connectivity index (χ0v) is 11.8. The predicted molar refractivity (Wildman–Crippen MR) is 74.4 cm³/mol. The van der Waals surface area contributed by atoms with Crippen LogP contribution in [0.5, 0.6) is 0 Å². The van der Waals surface area contributed by atoms with E-state index in [0.717, 1.165) is 12.8 Å². The van der Waals surface area contributed by atoms with Gasteiger partial charge in [0.2, 0.25) is 0 Å². The lowest BCUT2D eigenvalue weighted by Gasteiger charge is -2.35. The second-order valence-electron chi connectivity index (χ2n) is 5.46. The van der Waals surface area contributed by atoms with Gasteiger partial charge in [0.05, 0.1) is 5.41 Å². The zero-order valence-electron chi connectivity index (χ0n) is 11.0. The quantitative estimate of drug-likeness (QED) is 0.891. The smallest absolute Gasteiger partial charge is 0.311 e. The molecular weight excluding hydrogens is 262 g/mol. The molecule has 4 nitrogen and oxygen atoms in total. The summed E-state index contributed by atoms with van der Waals surface area (Å²) in [5, 5.41) is 15.9. The highest BCUT2D eigenvalue weighted by molar-refractivity contribution is 7.08. The number of hydrogen-bond donors (Lipinski definition) is 2. The standard InChI is InChI=1S/C14H19NO3S/c1-10-2-5-14(6-3-10,13(17)18)9-15-12(16)11-4-7-19-8-11/h4,7-8,10H,2-3,5-6,9H2,1H3,(H,15,16)(H,17,18). The molecule has 0 bridgehead atoms. The molecule has 5 heteroatoms. The first kappa shape index (κ1) is 14.1. The van der Waals surface area contributed by atoms with Gasteiger partial charge >= 0.3 is 5.97 Å². The molecule has 1 aliphatic rings. The molecule has 0 radical (unpaired) electrons. The van der Waals surface area contributed by atoms with Gasteiger partial charge in [0, 0.05) is 17.5 Å². The average Bonchev–Trinajstić information content (AvgIpc) is 2.92. The van der Waals surface area contributed by atoms with Crippen molar-refractivity contribution in [3.8, 4) is 0 Å². The van der Waals surface area contributed by atoms with Crippen LogP contribution in [0.4, 0.5) is 0 Å². The number of carboxylic acid groups (broad SMARTS) is 1. The molecule has 1 aliphatic carbocycles. The Morgan fingerprint density at radius 2 is 2.16 bits per heavy atom. The molecule has 0 aliphatic heterocycles. The fraction of sp³-hybridized carbons (Fsp3) is 0.571. The summed E-state index contributed by atoms with van der Waals surface area (Å²) in [5.74, 6) is -0.384. The molecular formula is C14H19NO3S. The number of thiophene rings is 1. The number of amides is 1. The second-order valence-corrected chi connectivity index (χ2v) is 6.24. The van der Waals surface area contributed by atoms with E-state index in [1.54, 1.807) is 11.4 Å². The molecule has 0 spiro atoms. The number of rotatable bonds is 4. The van der Waals surface area contributed by atoms with Crippen LogP contribution in [0.15, 0.2) is 16.8 Å². The maximum atomic E-state index is 11.9. The third kappa shape index (κ3) is 3.15. The van der Waals surface area contributed by atoms with Gasteiger partial charge in [0.1, 0.15) is 0 Å². The van der Waals surface area contributed by atoms with E-state index in [4.69, 9.17) is 0 Å². The Labute approximate surface area is 116 Å². The number of carbonyl (C=O) groups excluding carboxylic acids is 1. The third-order valence-electron chi connectivity index (χ3n) is 4.06. The summed E-state index contributed by atoms with van der Waals surface area (Å²) in [6.07, 6.45) is 3.13. The molecule has 0 saturated heterocycles.